The molecule has 0 aliphatic carbocycles. The summed E-state index contributed by atoms with van der Waals surface area (Å²) in [5, 5.41) is 0. The van der Waals surface area contributed by atoms with Gasteiger partial charge in [0.05, 0.1) is 0 Å². The Bertz CT molecular complexity index is 564. The van der Waals surface area contributed by atoms with Crippen molar-refractivity contribution in [1.29, 1.82) is 0 Å². The van der Waals surface area contributed by atoms with Gasteiger partial charge in [0.2, 0.25) is 0 Å². The molecule has 0 amide bonds. The molecule has 0 bridgehead atoms. The number of aryl methyl sites for hydroxylation is 1. The summed E-state index contributed by atoms with van der Waals surface area (Å²) in [5.74, 6) is 0. The molecule has 14 heavy (non-hydrogen) atoms. The Kier molecular flexibility index (Phi) is 3.12. The van der Waals surface area contributed by atoms with E-state index in [2.05, 4.69) is 0 Å². The van der Waals surface area contributed by atoms with E-state index in [1.807, 2.05) is 0 Å². The van der Waals surface area contributed by atoms with Crippen LogP contribution in [0.1, 0.15) is 5.56 Å². The van der Waals surface area contributed by atoms with Crippen LogP contribution in [0.3, 0.4) is 0 Å². The first kappa shape index (κ1) is 10.6. The maximum absolute atomic E-state index is 10.7. The van der Waals surface area contributed by atoms with Crippen LogP contribution in [0.5, 0.6) is 0 Å². The number of benzene rings is 1. The first-order valence-electron chi connectivity index (χ1n) is 3.76. The van der Waals surface area contributed by atoms with Gasteiger partial charge in [-0.25, -0.2) is 0 Å². The summed E-state index contributed by atoms with van der Waals surface area (Å²) in [5.41, 5.74) is 0.725. The van der Waals surface area contributed by atoms with Crippen LogP contribution < -0.4 is 4.43 Å². The van der Waals surface area contributed by atoms with Gasteiger partial charge < -0.3 is 0 Å². The van der Waals surface area contributed by atoms with Crippen molar-refractivity contribution in [2.75, 3.05) is 0 Å². The fourth-order valence-electron chi connectivity index (χ4n) is 1.09. The Morgan fingerprint density at radius 2 is 1.50 bits per heavy atom. The minimum atomic E-state index is -3.75. The van der Waals surface area contributed by atoms with E-state index in [1.165, 1.54) is 14.2 Å². The molecule has 0 spiro atoms. The number of hydrogen-bond acceptors (Lipinski definition) is 3. The molecule has 0 aliphatic heterocycles. The van der Waals surface area contributed by atoms with Gasteiger partial charge in [-0.1, -0.05) is 0 Å². The van der Waals surface area contributed by atoms with Crippen LogP contribution in [0.15, 0.2) is 24.3 Å². The third-order valence-electron chi connectivity index (χ3n) is 1.80. The van der Waals surface area contributed by atoms with Crippen LogP contribution in [0.4, 0.5) is 0 Å². The second-order valence-electron chi connectivity index (χ2n) is 2.63. The SMILES string of the molecule is Cc1cccc[c]1[Cr](=[C]=O)(=[C]=O)=[C]=O. The number of hydrogen-bond donors (Lipinski definition) is 0. The van der Waals surface area contributed by atoms with Crippen LogP contribution in [-0.4, -0.2) is 14.2 Å². The van der Waals surface area contributed by atoms with Gasteiger partial charge in [-0.2, -0.15) is 0 Å². The Labute approximate surface area is 81.9 Å². The molecule has 0 saturated heterocycles. The minimum absolute atomic E-state index is 0.434. The molecular formula is C10H7CrO3. The third kappa shape index (κ3) is 1.58. The van der Waals surface area contributed by atoms with E-state index >= 15 is 0 Å². The van der Waals surface area contributed by atoms with E-state index in [-0.39, 0.29) is 0 Å². The average Bonchev–Trinajstić information content (AvgIpc) is 2.24. The van der Waals surface area contributed by atoms with Crippen LogP contribution in [0.25, 0.3) is 0 Å². The molecule has 1 aromatic rings. The van der Waals surface area contributed by atoms with E-state index in [0.29, 0.717) is 4.43 Å². The molecule has 0 aliphatic rings. The van der Waals surface area contributed by atoms with E-state index in [1.54, 1.807) is 31.2 Å². The van der Waals surface area contributed by atoms with E-state index in [0.717, 1.165) is 5.56 Å². The molecule has 1 rings (SSSR count). The first-order valence-corrected chi connectivity index (χ1v) is 6.31. The molecule has 0 heterocycles. The summed E-state index contributed by atoms with van der Waals surface area (Å²) >= 11 is -3.75. The van der Waals surface area contributed by atoms with Crippen molar-refractivity contribution >= 4 is 18.7 Å². The number of carbonyl (C=O) groups excluding carboxylic acids is 3. The van der Waals surface area contributed by atoms with Gasteiger partial charge in [0.1, 0.15) is 0 Å². The zero-order valence-corrected chi connectivity index (χ0v) is 8.72. The number of rotatable bonds is 1. The molecule has 0 unspecified atom stereocenters. The fraction of sp³-hybridized carbons (Fsp3) is 0.100. The molecule has 0 fully saturated rings. The molecule has 71 valence electrons. The Hall–Kier alpha value is -1.51. The van der Waals surface area contributed by atoms with Gasteiger partial charge in [-0.15, -0.1) is 0 Å². The molecule has 0 saturated carbocycles. The normalized spacial score (nSPS) is 9.79. The fourth-order valence-corrected chi connectivity index (χ4v) is 2.97. The molecule has 3 nitrogen and oxygen atoms in total. The molecule has 4 heteroatoms. The summed E-state index contributed by atoms with van der Waals surface area (Å²) < 4.78 is 5.03. The zero-order chi connectivity index (χ0) is 10.6. The predicted molar refractivity (Wildman–Crippen MR) is 47.9 cm³/mol. The van der Waals surface area contributed by atoms with Crippen molar-refractivity contribution in [3.05, 3.63) is 29.8 Å². The average molecular weight is 227 g/mol. The Balaban J connectivity index is 4.00. The molecular weight excluding hydrogens is 220 g/mol. The van der Waals surface area contributed by atoms with Crippen molar-refractivity contribution < 1.29 is 26.1 Å². The summed E-state index contributed by atoms with van der Waals surface area (Å²) in [6, 6.07) is 6.74. The van der Waals surface area contributed by atoms with E-state index in [9.17, 15) is 14.4 Å². The topological polar surface area (TPSA) is 51.2 Å². The molecule has 1 aromatic carbocycles. The van der Waals surface area contributed by atoms with Gasteiger partial charge >= 0.3 is 81.6 Å². The van der Waals surface area contributed by atoms with Crippen LogP contribution >= 0.6 is 0 Å². The molecule has 0 radical (unpaired) electrons. The van der Waals surface area contributed by atoms with Gasteiger partial charge in [-0.05, 0) is 0 Å². The van der Waals surface area contributed by atoms with Crippen LogP contribution in [-0.2, 0) is 26.1 Å². The third-order valence-corrected chi connectivity index (χ3v) is 4.72. The monoisotopic (exact) mass is 227 g/mol. The summed E-state index contributed by atoms with van der Waals surface area (Å²) in [4.78, 5) is 32.0. The quantitative estimate of drug-likeness (QED) is 0.677. The van der Waals surface area contributed by atoms with Crippen LogP contribution in [0.2, 0.25) is 0 Å². The van der Waals surface area contributed by atoms with Gasteiger partial charge in [0, 0.05) is 0 Å². The van der Waals surface area contributed by atoms with Crippen molar-refractivity contribution in [1.82, 2.24) is 0 Å². The first-order chi connectivity index (χ1) is 6.70. The second kappa shape index (κ2) is 4.13. The summed E-state index contributed by atoms with van der Waals surface area (Å²) in [7, 11) is 0. The van der Waals surface area contributed by atoms with E-state index < -0.39 is 11.8 Å². The molecule has 0 aromatic heterocycles. The predicted octanol–water partition coefficient (Wildman–Crippen LogP) is -0.0242. The van der Waals surface area contributed by atoms with Crippen LogP contribution in [0, 0.1) is 6.92 Å². The summed E-state index contributed by atoms with van der Waals surface area (Å²) in [6.07, 6.45) is 0. The van der Waals surface area contributed by atoms with Gasteiger partial charge in [0.15, 0.2) is 0 Å². The Morgan fingerprint density at radius 3 is 1.93 bits per heavy atom. The standard InChI is InChI=1S/C7H7.3CO.Cr/c1-7-5-3-2-4-6-7;3*1-2;/h2-5H,1H3;;;;. The van der Waals surface area contributed by atoms with Crippen molar-refractivity contribution in [3.63, 3.8) is 0 Å². The zero-order valence-electron chi connectivity index (χ0n) is 7.44. The second-order valence-corrected chi connectivity index (χ2v) is 6.01. The summed E-state index contributed by atoms with van der Waals surface area (Å²) in [6.45, 7) is 1.73. The van der Waals surface area contributed by atoms with Crippen molar-refractivity contribution in [2.45, 2.75) is 6.92 Å². The Morgan fingerprint density at radius 1 is 1.00 bits per heavy atom. The van der Waals surface area contributed by atoms with Gasteiger partial charge in [0.25, 0.3) is 0 Å². The van der Waals surface area contributed by atoms with Crippen molar-refractivity contribution in [2.24, 2.45) is 0 Å². The molecule has 0 N–H and O–H groups in total. The maximum atomic E-state index is 10.7. The molecule has 0 atom stereocenters. The van der Waals surface area contributed by atoms with E-state index in [4.69, 9.17) is 0 Å². The van der Waals surface area contributed by atoms with Gasteiger partial charge in [-0.3, -0.25) is 0 Å². The van der Waals surface area contributed by atoms with Crippen molar-refractivity contribution in [3.8, 4) is 0 Å².